The first-order chi connectivity index (χ1) is 19.6. The number of aromatic nitrogens is 1. The van der Waals surface area contributed by atoms with E-state index in [-0.39, 0.29) is 33.6 Å². The molecule has 3 N–H and O–H groups in total. The minimum Gasteiger partial charge on any atom is -0.505 e. The number of aromatic hydroxyl groups is 2. The number of carboxylic acid groups (broad SMARTS) is 1. The van der Waals surface area contributed by atoms with Crippen LogP contribution < -0.4 is 0 Å². The van der Waals surface area contributed by atoms with Crippen molar-refractivity contribution in [3.05, 3.63) is 102 Å². The Kier molecular flexibility index (Phi) is 7.23. The van der Waals surface area contributed by atoms with Crippen molar-refractivity contribution in [1.29, 1.82) is 0 Å². The summed E-state index contributed by atoms with van der Waals surface area (Å²) in [5.74, 6) is -1.83. The van der Waals surface area contributed by atoms with Gasteiger partial charge in [0.2, 0.25) is 5.88 Å². The van der Waals surface area contributed by atoms with Crippen molar-refractivity contribution in [2.75, 3.05) is 0 Å². The minimum atomic E-state index is -4.60. The Morgan fingerprint density at radius 1 is 0.902 bits per heavy atom. The van der Waals surface area contributed by atoms with Crippen LogP contribution in [-0.2, 0) is 12.6 Å². The second-order valence-corrected chi connectivity index (χ2v) is 9.41. The number of para-hydroxylation sites is 1. The van der Waals surface area contributed by atoms with E-state index in [0.717, 1.165) is 30.5 Å². The molecule has 1 heterocycles. The molecule has 1 aromatic heterocycles. The van der Waals surface area contributed by atoms with Crippen LogP contribution in [0.25, 0.3) is 27.7 Å². The lowest BCUT2D eigenvalue weighted by Crippen LogP contribution is -2.05. The Labute approximate surface area is 232 Å². The van der Waals surface area contributed by atoms with E-state index in [9.17, 15) is 33.3 Å². The highest BCUT2D eigenvalue weighted by Crippen LogP contribution is 2.45. The van der Waals surface area contributed by atoms with Crippen LogP contribution in [0.15, 0.2) is 95.2 Å². The average Bonchev–Trinajstić information content (AvgIpc) is 3.23. The number of aromatic carboxylic acids is 1. The predicted molar refractivity (Wildman–Crippen MR) is 149 cm³/mol. The van der Waals surface area contributed by atoms with Gasteiger partial charge in [-0.15, -0.1) is 10.2 Å². The summed E-state index contributed by atoms with van der Waals surface area (Å²) in [5, 5.41) is 39.9. The van der Waals surface area contributed by atoms with E-state index >= 15 is 0 Å². The fourth-order valence-corrected chi connectivity index (χ4v) is 4.66. The molecule has 41 heavy (non-hydrogen) atoms. The average molecular weight is 560 g/mol. The van der Waals surface area contributed by atoms with E-state index in [1.54, 1.807) is 36.4 Å². The molecule has 0 radical (unpaired) electrons. The summed E-state index contributed by atoms with van der Waals surface area (Å²) in [6.45, 7) is 2.04. The number of phenolic OH excluding ortho intramolecular Hbond substituents is 1. The zero-order chi connectivity index (χ0) is 29.3. The fourth-order valence-electron chi connectivity index (χ4n) is 4.66. The second-order valence-electron chi connectivity index (χ2n) is 9.41. The van der Waals surface area contributed by atoms with E-state index < -0.39 is 23.6 Å². The molecular formula is C31H24F3N3O4. The van der Waals surface area contributed by atoms with Gasteiger partial charge in [-0.3, -0.25) is 4.57 Å². The molecule has 0 saturated heterocycles. The van der Waals surface area contributed by atoms with E-state index in [0.29, 0.717) is 16.8 Å². The van der Waals surface area contributed by atoms with Crippen LogP contribution in [0.3, 0.4) is 0 Å². The first kappa shape index (κ1) is 27.4. The monoisotopic (exact) mass is 559 g/mol. The third-order valence-electron chi connectivity index (χ3n) is 6.67. The number of benzene rings is 4. The Morgan fingerprint density at radius 3 is 2.32 bits per heavy atom. The van der Waals surface area contributed by atoms with Gasteiger partial charge in [-0.2, -0.15) is 13.2 Å². The van der Waals surface area contributed by atoms with Crippen molar-refractivity contribution in [2.45, 2.75) is 25.9 Å². The van der Waals surface area contributed by atoms with Gasteiger partial charge in [0.05, 0.1) is 16.6 Å². The third kappa shape index (κ3) is 5.36. The summed E-state index contributed by atoms with van der Waals surface area (Å²) in [6.07, 6.45) is -2.84. The lowest BCUT2D eigenvalue weighted by molar-refractivity contribution is -0.137. The van der Waals surface area contributed by atoms with Crippen LogP contribution in [0.5, 0.6) is 11.6 Å². The molecule has 7 nitrogen and oxygen atoms in total. The predicted octanol–water partition coefficient (Wildman–Crippen LogP) is 8.79. The maximum atomic E-state index is 13.6. The number of hydrogen-bond donors (Lipinski definition) is 3. The van der Waals surface area contributed by atoms with Gasteiger partial charge >= 0.3 is 12.1 Å². The van der Waals surface area contributed by atoms with Gasteiger partial charge < -0.3 is 15.3 Å². The molecule has 0 amide bonds. The Bertz CT molecular complexity index is 1790. The maximum absolute atomic E-state index is 13.6. The molecule has 0 unspecified atom stereocenters. The van der Waals surface area contributed by atoms with Gasteiger partial charge in [-0.25, -0.2) is 4.79 Å². The van der Waals surface area contributed by atoms with Gasteiger partial charge in [0.1, 0.15) is 5.69 Å². The van der Waals surface area contributed by atoms with Crippen LogP contribution in [0.4, 0.5) is 24.5 Å². The summed E-state index contributed by atoms with van der Waals surface area (Å²) in [5.41, 5.74) is 1.39. The number of fused-ring (bicyclic) bond motifs is 1. The molecular weight excluding hydrogens is 535 g/mol. The van der Waals surface area contributed by atoms with E-state index in [1.165, 1.54) is 28.8 Å². The normalized spacial score (nSPS) is 11.9. The largest absolute Gasteiger partial charge is 0.505 e. The van der Waals surface area contributed by atoms with Gasteiger partial charge in [0, 0.05) is 16.6 Å². The summed E-state index contributed by atoms with van der Waals surface area (Å²) < 4.78 is 42.0. The molecule has 0 saturated carbocycles. The van der Waals surface area contributed by atoms with Crippen molar-refractivity contribution in [2.24, 2.45) is 10.2 Å². The number of azo groups is 1. The summed E-state index contributed by atoms with van der Waals surface area (Å²) in [4.78, 5) is 11.4. The Hall–Kier alpha value is -5.12. The molecule has 5 rings (SSSR count). The zero-order valence-electron chi connectivity index (χ0n) is 21.7. The highest BCUT2D eigenvalue weighted by atomic mass is 19.4. The first-order valence-corrected chi connectivity index (χ1v) is 12.7. The number of halogens is 3. The molecule has 0 bridgehead atoms. The zero-order valence-corrected chi connectivity index (χ0v) is 21.7. The number of nitrogens with zero attached hydrogens (tertiary/aromatic N) is 3. The molecule has 0 aliphatic heterocycles. The number of carboxylic acids is 1. The Morgan fingerprint density at radius 2 is 1.63 bits per heavy atom. The van der Waals surface area contributed by atoms with Crippen molar-refractivity contribution < 1.29 is 33.3 Å². The van der Waals surface area contributed by atoms with E-state index in [2.05, 4.69) is 10.2 Å². The standard InChI is InChI=1S/C31H24F3N3O4/c1-2-5-18-10-13-22(14-11-18)37-26-17-21(31(32,33)34)12-15-24(26)27(29(37)39)36-35-25-9-4-8-23(28(25)38)19-6-3-7-20(16-19)30(40)41/h3-4,6-17,38-39H,2,5H2,1H3,(H,40,41). The lowest BCUT2D eigenvalue weighted by atomic mass is 10.0. The van der Waals surface area contributed by atoms with Gasteiger partial charge in [-0.05, 0) is 66.1 Å². The van der Waals surface area contributed by atoms with Crippen molar-refractivity contribution in [3.63, 3.8) is 0 Å². The van der Waals surface area contributed by atoms with Gasteiger partial charge in [-0.1, -0.05) is 49.7 Å². The van der Waals surface area contributed by atoms with Crippen LogP contribution >= 0.6 is 0 Å². The second kappa shape index (κ2) is 10.8. The molecule has 0 atom stereocenters. The molecule has 208 valence electrons. The Balaban J connectivity index is 1.62. The third-order valence-corrected chi connectivity index (χ3v) is 6.67. The molecule has 0 aliphatic rings. The molecule has 5 aromatic rings. The number of carbonyl (C=O) groups is 1. The lowest BCUT2D eigenvalue weighted by Gasteiger charge is -2.10. The van der Waals surface area contributed by atoms with Crippen molar-refractivity contribution in [1.82, 2.24) is 4.57 Å². The minimum absolute atomic E-state index is 0.0133. The summed E-state index contributed by atoms with van der Waals surface area (Å²) >= 11 is 0. The molecule has 10 heteroatoms. The summed E-state index contributed by atoms with van der Waals surface area (Å²) in [6, 6.07) is 20.8. The SMILES string of the molecule is CCCc1ccc(-n2c(O)c(N=Nc3cccc(-c4cccc(C(=O)O)c4)c3O)c3ccc(C(F)(F)F)cc32)cc1. The topological polar surface area (TPSA) is 107 Å². The molecule has 0 aliphatic carbocycles. The molecule has 4 aromatic carbocycles. The first-order valence-electron chi connectivity index (χ1n) is 12.7. The van der Waals surface area contributed by atoms with Crippen molar-refractivity contribution in [3.8, 4) is 28.4 Å². The molecule has 0 spiro atoms. The van der Waals surface area contributed by atoms with Gasteiger partial charge in [0.15, 0.2) is 11.4 Å². The van der Waals surface area contributed by atoms with E-state index in [4.69, 9.17) is 0 Å². The quantitative estimate of drug-likeness (QED) is 0.173. The number of rotatable bonds is 7. The van der Waals surface area contributed by atoms with Crippen LogP contribution in [0, 0.1) is 0 Å². The van der Waals surface area contributed by atoms with Gasteiger partial charge in [0.25, 0.3) is 0 Å². The summed E-state index contributed by atoms with van der Waals surface area (Å²) in [7, 11) is 0. The smallest absolute Gasteiger partial charge is 0.416 e. The fraction of sp³-hybridized carbons (Fsp3) is 0.129. The number of hydrogen-bond acceptors (Lipinski definition) is 5. The van der Waals surface area contributed by atoms with Crippen LogP contribution in [-0.4, -0.2) is 25.9 Å². The molecule has 0 fully saturated rings. The van der Waals surface area contributed by atoms with Crippen LogP contribution in [0.1, 0.15) is 34.8 Å². The highest BCUT2D eigenvalue weighted by molar-refractivity contribution is 5.97. The maximum Gasteiger partial charge on any atom is 0.416 e. The number of phenols is 1. The van der Waals surface area contributed by atoms with Crippen molar-refractivity contribution >= 4 is 28.2 Å². The van der Waals surface area contributed by atoms with Crippen LogP contribution in [0.2, 0.25) is 0 Å². The highest BCUT2D eigenvalue weighted by Gasteiger charge is 2.32. The number of aryl methyl sites for hydroxylation is 1. The number of alkyl halides is 3. The van der Waals surface area contributed by atoms with E-state index in [1.807, 2.05) is 19.1 Å².